The SMILES string of the molecule is O=C(Nc1cccc(C(F)(F)F)c1)[C@@H]1CC(c2cccc(Br)c2)=NO1. The van der Waals surface area contributed by atoms with Crippen LogP contribution < -0.4 is 5.32 Å². The molecule has 1 heterocycles. The molecule has 1 atom stereocenters. The number of rotatable bonds is 3. The summed E-state index contributed by atoms with van der Waals surface area (Å²) in [7, 11) is 0. The van der Waals surface area contributed by atoms with Gasteiger partial charge in [0.15, 0.2) is 0 Å². The highest BCUT2D eigenvalue weighted by atomic mass is 79.9. The number of oxime groups is 1. The third-order valence-corrected chi connectivity index (χ3v) is 4.07. The number of halogens is 4. The van der Waals surface area contributed by atoms with Crippen molar-refractivity contribution in [2.24, 2.45) is 5.16 Å². The second kappa shape index (κ2) is 6.87. The minimum atomic E-state index is -4.47. The molecular weight excluding hydrogens is 401 g/mol. The van der Waals surface area contributed by atoms with Crippen LogP contribution in [0.5, 0.6) is 0 Å². The van der Waals surface area contributed by atoms with Gasteiger partial charge in [0.2, 0.25) is 6.10 Å². The zero-order valence-corrected chi connectivity index (χ0v) is 14.3. The molecule has 25 heavy (non-hydrogen) atoms. The second-order valence-corrected chi connectivity index (χ2v) is 6.33. The minimum absolute atomic E-state index is 0.0549. The fourth-order valence-corrected chi connectivity index (χ4v) is 2.75. The molecule has 1 aliphatic rings. The van der Waals surface area contributed by atoms with E-state index in [0.717, 1.165) is 22.2 Å². The van der Waals surface area contributed by atoms with Crippen molar-refractivity contribution < 1.29 is 22.8 Å². The van der Waals surface area contributed by atoms with Crippen LogP contribution in [0.15, 0.2) is 58.2 Å². The van der Waals surface area contributed by atoms with Crippen molar-refractivity contribution in [2.45, 2.75) is 18.7 Å². The highest BCUT2D eigenvalue weighted by Gasteiger charge is 2.32. The summed E-state index contributed by atoms with van der Waals surface area (Å²) in [5, 5.41) is 6.34. The summed E-state index contributed by atoms with van der Waals surface area (Å²) in [6, 6.07) is 11.8. The molecule has 1 aliphatic heterocycles. The van der Waals surface area contributed by atoms with Crippen LogP contribution in [0, 0.1) is 0 Å². The number of alkyl halides is 3. The monoisotopic (exact) mass is 412 g/mol. The topological polar surface area (TPSA) is 50.7 Å². The lowest BCUT2D eigenvalue weighted by Gasteiger charge is -2.12. The molecule has 0 aliphatic carbocycles. The van der Waals surface area contributed by atoms with Gasteiger partial charge in [0.05, 0.1) is 11.3 Å². The van der Waals surface area contributed by atoms with E-state index in [0.29, 0.717) is 5.71 Å². The summed E-state index contributed by atoms with van der Waals surface area (Å²) in [6.07, 6.45) is -5.12. The van der Waals surface area contributed by atoms with Crippen LogP contribution in [0.1, 0.15) is 17.5 Å². The predicted octanol–water partition coefficient (Wildman–Crippen LogP) is 4.60. The van der Waals surface area contributed by atoms with E-state index in [1.807, 2.05) is 24.3 Å². The first-order valence-electron chi connectivity index (χ1n) is 7.30. The summed E-state index contributed by atoms with van der Waals surface area (Å²) in [5.41, 5.74) is 0.636. The van der Waals surface area contributed by atoms with Gasteiger partial charge in [-0.15, -0.1) is 0 Å². The van der Waals surface area contributed by atoms with Gasteiger partial charge in [-0.05, 0) is 30.3 Å². The van der Waals surface area contributed by atoms with Gasteiger partial charge < -0.3 is 10.2 Å². The van der Waals surface area contributed by atoms with Gasteiger partial charge in [0.1, 0.15) is 0 Å². The van der Waals surface area contributed by atoms with Crippen molar-refractivity contribution in [2.75, 3.05) is 5.32 Å². The smallest absolute Gasteiger partial charge is 0.382 e. The Kier molecular flexibility index (Phi) is 4.80. The van der Waals surface area contributed by atoms with Gasteiger partial charge in [0.25, 0.3) is 5.91 Å². The first-order valence-corrected chi connectivity index (χ1v) is 8.09. The maximum absolute atomic E-state index is 12.7. The third-order valence-electron chi connectivity index (χ3n) is 3.58. The summed E-state index contributed by atoms with van der Waals surface area (Å²) in [5.74, 6) is -0.548. The molecule has 0 fully saturated rings. The van der Waals surface area contributed by atoms with E-state index in [2.05, 4.69) is 26.4 Å². The number of hydrogen-bond donors (Lipinski definition) is 1. The minimum Gasteiger partial charge on any atom is -0.382 e. The normalized spacial score (nSPS) is 17.0. The maximum atomic E-state index is 12.7. The van der Waals surface area contributed by atoms with E-state index in [-0.39, 0.29) is 12.1 Å². The Hall–Kier alpha value is -2.35. The molecule has 3 rings (SSSR count). The Bertz CT molecular complexity index is 837. The summed E-state index contributed by atoms with van der Waals surface area (Å²) >= 11 is 3.35. The van der Waals surface area contributed by atoms with Crippen LogP contribution in [-0.4, -0.2) is 17.7 Å². The standard InChI is InChI=1S/C17H12BrF3N2O2/c18-12-5-1-3-10(7-12)14-9-15(25-23-14)16(24)22-13-6-2-4-11(8-13)17(19,20)21/h1-8,15H,9H2,(H,22,24)/t15-/m0/s1. The van der Waals surface area contributed by atoms with E-state index < -0.39 is 23.8 Å². The molecule has 130 valence electrons. The van der Waals surface area contributed by atoms with Crippen molar-refractivity contribution in [3.8, 4) is 0 Å². The van der Waals surface area contributed by atoms with Crippen molar-refractivity contribution in [1.82, 2.24) is 0 Å². The van der Waals surface area contributed by atoms with E-state index in [9.17, 15) is 18.0 Å². The van der Waals surface area contributed by atoms with Crippen LogP contribution >= 0.6 is 15.9 Å². The van der Waals surface area contributed by atoms with Gasteiger partial charge in [-0.3, -0.25) is 4.79 Å². The Morgan fingerprint density at radius 3 is 2.68 bits per heavy atom. The van der Waals surface area contributed by atoms with Crippen LogP contribution in [-0.2, 0) is 15.8 Å². The molecule has 8 heteroatoms. The largest absolute Gasteiger partial charge is 0.416 e. The molecular formula is C17H12BrF3N2O2. The lowest BCUT2D eigenvalue weighted by molar-refractivity contribution is -0.137. The second-order valence-electron chi connectivity index (χ2n) is 5.41. The number of anilines is 1. The van der Waals surface area contributed by atoms with Gasteiger partial charge in [-0.2, -0.15) is 13.2 Å². The lowest BCUT2D eigenvalue weighted by atomic mass is 10.0. The maximum Gasteiger partial charge on any atom is 0.416 e. The molecule has 0 aromatic heterocycles. The van der Waals surface area contributed by atoms with E-state index in [1.165, 1.54) is 12.1 Å². The van der Waals surface area contributed by atoms with Gasteiger partial charge in [0, 0.05) is 22.1 Å². The summed E-state index contributed by atoms with van der Waals surface area (Å²) < 4.78 is 39.0. The van der Waals surface area contributed by atoms with Crippen molar-refractivity contribution >= 4 is 33.2 Å². The number of carbonyl (C=O) groups excluding carboxylic acids is 1. The molecule has 1 N–H and O–H groups in total. The molecule has 4 nitrogen and oxygen atoms in total. The number of nitrogens with one attached hydrogen (secondary N) is 1. The number of carbonyl (C=O) groups is 1. The molecule has 0 saturated heterocycles. The first-order chi connectivity index (χ1) is 11.8. The Morgan fingerprint density at radius 2 is 1.96 bits per heavy atom. The molecule has 0 spiro atoms. The fourth-order valence-electron chi connectivity index (χ4n) is 2.35. The van der Waals surface area contributed by atoms with Gasteiger partial charge >= 0.3 is 6.18 Å². The molecule has 2 aromatic carbocycles. The highest BCUT2D eigenvalue weighted by molar-refractivity contribution is 9.10. The van der Waals surface area contributed by atoms with Crippen molar-refractivity contribution in [3.63, 3.8) is 0 Å². The van der Waals surface area contributed by atoms with Crippen molar-refractivity contribution in [1.29, 1.82) is 0 Å². The van der Waals surface area contributed by atoms with Crippen LogP contribution in [0.3, 0.4) is 0 Å². The zero-order valence-electron chi connectivity index (χ0n) is 12.7. The molecule has 2 aromatic rings. The molecule has 0 saturated carbocycles. The van der Waals surface area contributed by atoms with Crippen LogP contribution in [0.25, 0.3) is 0 Å². The van der Waals surface area contributed by atoms with E-state index in [4.69, 9.17) is 4.84 Å². The van der Waals surface area contributed by atoms with Gasteiger partial charge in [-0.1, -0.05) is 39.3 Å². The Morgan fingerprint density at radius 1 is 1.20 bits per heavy atom. The van der Waals surface area contributed by atoms with E-state index >= 15 is 0 Å². The zero-order chi connectivity index (χ0) is 18.0. The number of nitrogens with zero attached hydrogens (tertiary/aromatic N) is 1. The number of hydrogen-bond acceptors (Lipinski definition) is 3. The fraction of sp³-hybridized carbons (Fsp3) is 0.176. The molecule has 0 radical (unpaired) electrons. The average molecular weight is 413 g/mol. The van der Waals surface area contributed by atoms with E-state index in [1.54, 1.807) is 0 Å². The quantitative estimate of drug-likeness (QED) is 0.800. The molecule has 0 bridgehead atoms. The number of benzene rings is 2. The average Bonchev–Trinajstić information content (AvgIpc) is 3.04. The third kappa shape index (κ3) is 4.19. The Labute approximate surface area is 149 Å². The number of amides is 1. The molecule has 1 amide bonds. The first kappa shape index (κ1) is 17.5. The van der Waals surface area contributed by atoms with Crippen LogP contribution in [0.2, 0.25) is 0 Å². The van der Waals surface area contributed by atoms with Crippen LogP contribution in [0.4, 0.5) is 18.9 Å². The highest BCUT2D eigenvalue weighted by Crippen LogP contribution is 2.31. The summed E-state index contributed by atoms with van der Waals surface area (Å²) in [6.45, 7) is 0. The predicted molar refractivity (Wildman–Crippen MR) is 90.2 cm³/mol. The lowest BCUT2D eigenvalue weighted by Crippen LogP contribution is -2.28. The summed E-state index contributed by atoms with van der Waals surface area (Å²) in [4.78, 5) is 17.3. The van der Waals surface area contributed by atoms with Crippen molar-refractivity contribution in [3.05, 3.63) is 64.1 Å². The Balaban J connectivity index is 1.66. The van der Waals surface area contributed by atoms with Gasteiger partial charge in [-0.25, -0.2) is 0 Å². The molecule has 0 unspecified atom stereocenters.